The lowest BCUT2D eigenvalue weighted by molar-refractivity contribution is -0.147. The van der Waals surface area contributed by atoms with E-state index in [1.165, 1.54) is 0 Å². The Labute approximate surface area is 125 Å². The van der Waals surface area contributed by atoms with Crippen molar-refractivity contribution in [2.24, 2.45) is 16.7 Å². The van der Waals surface area contributed by atoms with E-state index in [1.54, 1.807) is 6.92 Å². The third-order valence-electron chi connectivity index (χ3n) is 5.29. The largest absolute Gasteiger partial charge is 0.299 e. The van der Waals surface area contributed by atoms with Crippen LogP contribution in [0.3, 0.4) is 0 Å². The lowest BCUT2D eigenvalue weighted by atomic mass is 9.62. The van der Waals surface area contributed by atoms with Crippen LogP contribution in [0.25, 0.3) is 0 Å². The lowest BCUT2D eigenvalue weighted by Crippen LogP contribution is -2.46. The summed E-state index contributed by atoms with van der Waals surface area (Å²) in [5.74, 6) is 0.268. The fourth-order valence-corrected chi connectivity index (χ4v) is 3.99. The monoisotopic (exact) mass is 286 g/mol. The second-order valence-corrected chi connectivity index (χ2v) is 7.67. The fourth-order valence-electron chi connectivity index (χ4n) is 3.99. The first-order chi connectivity index (χ1) is 9.73. The van der Waals surface area contributed by atoms with Crippen molar-refractivity contribution >= 4 is 17.3 Å². The number of Topliss-reactive ketones (excluding diaryl/α,β-unsaturated/α-hetero) is 3. The van der Waals surface area contributed by atoms with Gasteiger partial charge < -0.3 is 0 Å². The molecule has 0 amide bonds. The minimum absolute atomic E-state index is 0.0795. The van der Waals surface area contributed by atoms with E-state index in [-0.39, 0.29) is 28.7 Å². The van der Waals surface area contributed by atoms with E-state index >= 15 is 0 Å². The van der Waals surface area contributed by atoms with Gasteiger partial charge in [0.05, 0.1) is 5.41 Å². The van der Waals surface area contributed by atoms with Gasteiger partial charge in [0.1, 0.15) is 17.3 Å². The molecule has 3 rings (SSSR count). The average molecular weight is 286 g/mol. The highest BCUT2D eigenvalue weighted by Crippen LogP contribution is 2.54. The highest BCUT2D eigenvalue weighted by molar-refractivity contribution is 6.11. The van der Waals surface area contributed by atoms with Gasteiger partial charge in [0.25, 0.3) is 0 Å². The van der Waals surface area contributed by atoms with Gasteiger partial charge in [-0.3, -0.25) is 14.4 Å². The van der Waals surface area contributed by atoms with Crippen molar-refractivity contribution < 1.29 is 14.4 Å². The Kier molecular flexibility index (Phi) is 3.09. The summed E-state index contributed by atoms with van der Waals surface area (Å²) >= 11 is 0. The van der Waals surface area contributed by atoms with Crippen LogP contribution in [-0.2, 0) is 14.4 Å². The molecule has 1 unspecified atom stereocenters. The summed E-state index contributed by atoms with van der Waals surface area (Å²) in [6, 6.07) is 0. The number of ketones is 3. The summed E-state index contributed by atoms with van der Waals surface area (Å²) in [6.45, 7) is 5.58. The minimum atomic E-state index is -0.821. The molecule has 0 aromatic rings. The van der Waals surface area contributed by atoms with Crippen LogP contribution in [0.5, 0.6) is 0 Å². The van der Waals surface area contributed by atoms with Gasteiger partial charge in [-0.1, -0.05) is 26.0 Å². The maximum absolute atomic E-state index is 12.7. The van der Waals surface area contributed by atoms with E-state index in [2.05, 4.69) is 6.08 Å². The first-order valence-corrected chi connectivity index (χ1v) is 7.71. The molecule has 1 spiro atoms. The van der Waals surface area contributed by atoms with Crippen molar-refractivity contribution in [2.45, 2.75) is 52.9 Å². The molecule has 1 atom stereocenters. The normalized spacial score (nSPS) is 30.0. The van der Waals surface area contributed by atoms with Gasteiger partial charge >= 0.3 is 0 Å². The van der Waals surface area contributed by atoms with Crippen molar-refractivity contribution in [3.8, 4) is 0 Å². The third-order valence-corrected chi connectivity index (χ3v) is 5.29. The minimum Gasteiger partial charge on any atom is -0.299 e. The van der Waals surface area contributed by atoms with E-state index in [0.717, 1.165) is 11.1 Å². The zero-order chi connectivity index (χ0) is 15.4. The highest BCUT2D eigenvalue weighted by atomic mass is 16.2. The van der Waals surface area contributed by atoms with Crippen molar-refractivity contribution in [1.82, 2.24) is 0 Å². The number of carbonyl (C=O) groups excluding carboxylic acids is 3. The first kappa shape index (κ1) is 14.4. The van der Waals surface area contributed by atoms with Gasteiger partial charge in [0, 0.05) is 18.8 Å². The van der Waals surface area contributed by atoms with E-state index < -0.39 is 5.41 Å². The molecule has 3 heteroatoms. The molecule has 3 nitrogen and oxygen atoms in total. The van der Waals surface area contributed by atoms with Crippen molar-refractivity contribution in [3.05, 3.63) is 23.3 Å². The summed E-state index contributed by atoms with van der Waals surface area (Å²) in [5.41, 5.74) is 1.15. The van der Waals surface area contributed by atoms with Crippen LogP contribution in [0, 0.1) is 16.7 Å². The summed E-state index contributed by atoms with van der Waals surface area (Å²) in [4.78, 5) is 36.9. The van der Waals surface area contributed by atoms with Gasteiger partial charge in [0.2, 0.25) is 0 Å². The zero-order valence-electron chi connectivity index (χ0n) is 13.0. The van der Waals surface area contributed by atoms with Gasteiger partial charge in [-0.25, -0.2) is 0 Å². The maximum Gasteiger partial charge on any atom is 0.147 e. The molecule has 3 aliphatic rings. The lowest BCUT2D eigenvalue weighted by Gasteiger charge is -2.38. The predicted molar refractivity (Wildman–Crippen MR) is 79.7 cm³/mol. The molecule has 0 N–H and O–H groups in total. The van der Waals surface area contributed by atoms with Crippen molar-refractivity contribution in [2.75, 3.05) is 0 Å². The zero-order valence-corrected chi connectivity index (χ0v) is 13.0. The van der Waals surface area contributed by atoms with Crippen LogP contribution >= 0.6 is 0 Å². The van der Waals surface area contributed by atoms with E-state index in [9.17, 15) is 14.4 Å². The molecule has 0 aromatic carbocycles. The number of rotatable bonds is 1. The van der Waals surface area contributed by atoms with Crippen molar-refractivity contribution in [1.29, 1.82) is 0 Å². The Hall–Kier alpha value is -1.51. The number of carbonyl (C=O) groups is 3. The second-order valence-electron chi connectivity index (χ2n) is 7.67. The van der Waals surface area contributed by atoms with Crippen LogP contribution < -0.4 is 0 Å². The van der Waals surface area contributed by atoms with E-state index in [1.807, 2.05) is 19.9 Å². The summed E-state index contributed by atoms with van der Waals surface area (Å²) < 4.78 is 0. The van der Waals surface area contributed by atoms with Gasteiger partial charge in [-0.15, -0.1) is 0 Å². The van der Waals surface area contributed by atoms with Crippen LogP contribution in [-0.4, -0.2) is 17.3 Å². The first-order valence-electron chi connectivity index (χ1n) is 7.71. The summed E-state index contributed by atoms with van der Waals surface area (Å²) in [5, 5.41) is 0. The maximum atomic E-state index is 12.7. The van der Waals surface area contributed by atoms with E-state index in [0.29, 0.717) is 32.1 Å². The Balaban J connectivity index is 1.93. The average Bonchev–Trinajstić information content (AvgIpc) is 2.75. The molecule has 3 aliphatic carbocycles. The Bertz CT molecular complexity index is 584. The second kappa shape index (κ2) is 4.49. The SMILES string of the molecule is CC(=O)C1C=C2CC3(CC2=CC1)C(=O)CC(C)(C)CC3=O. The molecule has 0 saturated heterocycles. The Morgan fingerprint density at radius 1 is 1.05 bits per heavy atom. The third kappa shape index (κ3) is 2.23. The number of hydrogen-bond donors (Lipinski definition) is 0. The standard InChI is InChI=1S/C18H22O3/c1-11(19)12-4-5-13-7-18(8-14(13)6-12)15(20)9-17(2,3)10-16(18)21/h5-6,12H,4,7-10H2,1-3H3. The van der Waals surface area contributed by atoms with Crippen LogP contribution in [0.4, 0.5) is 0 Å². The summed E-state index contributed by atoms with van der Waals surface area (Å²) in [6.07, 6.45) is 6.79. The molecule has 112 valence electrons. The molecular weight excluding hydrogens is 264 g/mol. The van der Waals surface area contributed by atoms with Gasteiger partial charge in [0.15, 0.2) is 0 Å². The number of hydrogen-bond acceptors (Lipinski definition) is 3. The summed E-state index contributed by atoms with van der Waals surface area (Å²) in [7, 11) is 0. The van der Waals surface area contributed by atoms with Crippen molar-refractivity contribution in [3.63, 3.8) is 0 Å². The molecule has 0 aliphatic heterocycles. The van der Waals surface area contributed by atoms with Gasteiger partial charge in [-0.05, 0) is 42.7 Å². The van der Waals surface area contributed by atoms with Gasteiger partial charge in [-0.2, -0.15) is 0 Å². The molecule has 2 fully saturated rings. The van der Waals surface area contributed by atoms with Crippen LogP contribution in [0.2, 0.25) is 0 Å². The van der Waals surface area contributed by atoms with E-state index in [4.69, 9.17) is 0 Å². The Morgan fingerprint density at radius 3 is 2.19 bits per heavy atom. The van der Waals surface area contributed by atoms with Crippen LogP contribution in [0.15, 0.2) is 23.3 Å². The molecule has 0 bridgehead atoms. The quantitative estimate of drug-likeness (QED) is 0.696. The number of allylic oxidation sites excluding steroid dienone is 4. The topological polar surface area (TPSA) is 51.2 Å². The molecule has 0 heterocycles. The Morgan fingerprint density at radius 2 is 1.62 bits per heavy atom. The molecule has 2 saturated carbocycles. The molecule has 21 heavy (non-hydrogen) atoms. The molecule has 0 aromatic heterocycles. The molecule has 0 radical (unpaired) electrons. The smallest absolute Gasteiger partial charge is 0.147 e. The highest BCUT2D eigenvalue weighted by Gasteiger charge is 2.55. The van der Waals surface area contributed by atoms with Crippen LogP contribution in [0.1, 0.15) is 52.9 Å². The molecular formula is C18H22O3. The number of fused-ring (bicyclic) bond motifs is 1. The predicted octanol–water partition coefficient (Wildman–Crippen LogP) is 3.19. The fraction of sp³-hybridized carbons (Fsp3) is 0.611.